The first-order valence-electron chi connectivity index (χ1n) is 8.32. The van der Waals surface area contributed by atoms with Gasteiger partial charge in [0.1, 0.15) is 11.6 Å². The van der Waals surface area contributed by atoms with E-state index in [2.05, 4.69) is 47.9 Å². The lowest BCUT2D eigenvalue weighted by molar-refractivity contribution is 0.577. The molecule has 4 heteroatoms. The van der Waals surface area contributed by atoms with Crippen molar-refractivity contribution in [2.75, 3.05) is 0 Å². The lowest BCUT2D eigenvalue weighted by atomic mass is 10.1. The maximum absolute atomic E-state index is 14.0. The summed E-state index contributed by atoms with van der Waals surface area (Å²) in [7, 11) is 0. The van der Waals surface area contributed by atoms with E-state index in [0.29, 0.717) is 0 Å². The van der Waals surface area contributed by atoms with Gasteiger partial charge in [0.05, 0.1) is 16.8 Å². The summed E-state index contributed by atoms with van der Waals surface area (Å²) in [4.78, 5) is 3.32. The summed E-state index contributed by atoms with van der Waals surface area (Å²) in [6, 6.07) is 12.4. The van der Waals surface area contributed by atoms with Crippen LogP contribution in [-0.2, 0) is 6.42 Å². The molecule has 130 valence electrons. The molecule has 0 saturated heterocycles. The third-order valence-corrected chi connectivity index (χ3v) is 3.79. The molecule has 2 rings (SSSR count). The molecule has 0 atom stereocenters. The zero-order valence-corrected chi connectivity index (χ0v) is 15.2. The second-order valence-electron chi connectivity index (χ2n) is 5.66. The lowest BCUT2D eigenvalue weighted by Gasteiger charge is -2.00. The van der Waals surface area contributed by atoms with E-state index in [0.717, 1.165) is 24.1 Å². The van der Waals surface area contributed by atoms with Gasteiger partial charge in [-0.05, 0) is 60.8 Å². The highest BCUT2D eigenvalue weighted by atomic mass is 32.1. The molecule has 2 aromatic carbocycles. The number of aliphatic imine (C=N–C) groups is 1. The van der Waals surface area contributed by atoms with Crippen LogP contribution in [0.4, 0.5) is 8.78 Å². The normalized spacial score (nSPS) is 9.35. The van der Waals surface area contributed by atoms with Crippen molar-refractivity contribution >= 4 is 17.4 Å². The second-order valence-corrected chi connectivity index (χ2v) is 5.84. The average molecular weight is 365 g/mol. The summed E-state index contributed by atoms with van der Waals surface area (Å²) >= 11 is 4.34. The van der Waals surface area contributed by atoms with Crippen molar-refractivity contribution < 1.29 is 8.78 Å². The Hall–Kier alpha value is -2.78. The number of thiocarbonyl (C=S) groups is 1. The second kappa shape index (κ2) is 10.3. The molecule has 0 heterocycles. The number of halogens is 2. The molecule has 0 saturated carbocycles. The monoisotopic (exact) mass is 365 g/mol. The molecule has 0 aliphatic rings. The van der Waals surface area contributed by atoms with Crippen LogP contribution in [0, 0.1) is 35.4 Å². The molecule has 0 unspecified atom stereocenters. The topological polar surface area (TPSA) is 12.4 Å². The standard InChI is InChI=1S/C22H17F2NS/c1-2-3-4-5-17-6-8-18(9-7-17)10-11-19-14-21(23)20(22(24)15-19)12-13-25-16-26/h6-9,14-15H,2-5H2,1H3. The molecule has 0 amide bonds. The van der Waals surface area contributed by atoms with Crippen LogP contribution in [-0.4, -0.2) is 5.16 Å². The molecule has 1 nitrogen and oxygen atoms in total. The Bertz CT molecular complexity index is 911. The van der Waals surface area contributed by atoms with Crippen LogP contribution in [0.3, 0.4) is 0 Å². The number of aryl methyl sites for hydroxylation is 1. The molecule has 0 radical (unpaired) electrons. The minimum absolute atomic E-state index is 0.246. The summed E-state index contributed by atoms with van der Waals surface area (Å²) in [5, 5.41) is 2.01. The van der Waals surface area contributed by atoms with Crippen LogP contribution >= 0.6 is 12.2 Å². The number of unbranched alkanes of at least 4 members (excludes halogenated alkanes) is 2. The molecule has 0 fully saturated rings. The largest absolute Gasteiger partial charge is 0.205 e. The van der Waals surface area contributed by atoms with E-state index in [4.69, 9.17) is 0 Å². The molecule has 0 aliphatic carbocycles. The van der Waals surface area contributed by atoms with Crippen molar-refractivity contribution in [3.05, 3.63) is 70.3 Å². The first kappa shape index (κ1) is 19.5. The fraction of sp³-hybridized carbons (Fsp3) is 0.227. The molecule has 0 bridgehead atoms. The van der Waals surface area contributed by atoms with Gasteiger partial charge in [0.2, 0.25) is 0 Å². The van der Waals surface area contributed by atoms with Crippen LogP contribution in [0.15, 0.2) is 41.4 Å². The van der Waals surface area contributed by atoms with E-state index < -0.39 is 11.6 Å². The first-order valence-corrected chi connectivity index (χ1v) is 8.72. The number of hydrogen-bond donors (Lipinski definition) is 0. The van der Waals surface area contributed by atoms with Gasteiger partial charge in [-0.3, -0.25) is 0 Å². The molecule has 26 heavy (non-hydrogen) atoms. The fourth-order valence-electron chi connectivity index (χ4n) is 2.35. The summed E-state index contributed by atoms with van der Waals surface area (Å²) in [6.07, 6.45) is 4.64. The van der Waals surface area contributed by atoms with Crippen LogP contribution in [0.1, 0.15) is 48.4 Å². The van der Waals surface area contributed by atoms with Gasteiger partial charge in [0, 0.05) is 11.1 Å². The number of rotatable bonds is 4. The Labute approximate surface area is 158 Å². The number of isothiocyanates is 1. The predicted molar refractivity (Wildman–Crippen MR) is 104 cm³/mol. The van der Waals surface area contributed by atoms with Gasteiger partial charge in [-0.1, -0.05) is 43.7 Å². The Balaban J connectivity index is 2.15. The predicted octanol–water partition coefficient (Wildman–Crippen LogP) is 5.51. The van der Waals surface area contributed by atoms with Crippen molar-refractivity contribution in [1.82, 2.24) is 0 Å². The van der Waals surface area contributed by atoms with E-state index in [9.17, 15) is 8.78 Å². The zero-order valence-electron chi connectivity index (χ0n) is 14.4. The Morgan fingerprint density at radius 2 is 1.58 bits per heavy atom. The smallest absolute Gasteiger partial charge is 0.143 e. The van der Waals surface area contributed by atoms with Gasteiger partial charge >= 0.3 is 0 Å². The summed E-state index contributed by atoms with van der Waals surface area (Å²) in [6.45, 7) is 2.18. The summed E-state index contributed by atoms with van der Waals surface area (Å²) in [5.74, 6) is 6.40. The van der Waals surface area contributed by atoms with Crippen molar-refractivity contribution in [2.24, 2.45) is 4.99 Å². The Kier molecular flexibility index (Phi) is 7.72. The number of benzene rings is 2. The lowest BCUT2D eigenvalue weighted by Crippen LogP contribution is -1.92. The van der Waals surface area contributed by atoms with Crippen LogP contribution < -0.4 is 0 Å². The van der Waals surface area contributed by atoms with Gasteiger partial charge in [-0.2, -0.15) is 0 Å². The zero-order chi connectivity index (χ0) is 18.8. The third kappa shape index (κ3) is 5.94. The summed E-state index contributed by atoms with van der Waals surface area (Å²) in [5.41, 5.74) is 1.95. The highest BCUT2D eigenvalue weighted by Gasteiger charge is 2.08. The Morgan fingerprint density at radius 3 is 2.19 bits per heavy atom. The maximum Gasteiger partial charge on any atom is 0.143 e. The van der Waals surface area contributed by atoms with E-state index in [-0.39, 0.29) is 11.1 Å². The SMILES string of the molecule is CCCCCc1ccc(C#Cc2cc(F)c(C#CN=C=S)c(F)c2)cc1. The van der Waals surface area contributed by atoms with Crippen LogP contribution in [0.5, 0.6) is 0 Å². The quantitative estimate of drug-likeness (QED) is 0.301. The van der Waals surface area contributed by atoms with Gasteiger partial charge in [0.25, 0.3) is 0 Å². The Morgan fingerprint density at radius 1 is 0.923 bits per heavy atom. The minimum Gasteiger partial charge on any atom is -0.205 e. The van der Waals surface area contributed by atoms with Gasteiger partial charge < -0.3 is 0 Å². The van der Waals surface area contributed by atoms with Crippen LogP contribution in [0.25, 0.3) is 0 Å². The van der Waals surface area contributed by atoms with E-state index in [1.54, 1.807) is 0 Å². The minimum atomic E-state index is -0.785. The molecular weight excluding hydrogens is 348 g/mol. The van der Waals surface area contributed by atoms with Crippen LogP contribution in [0.2, 0.25) is 0 Å². The molecule has 0 aliphatic heterocycles. The van der Waals surface area contributed by atoms with E-state index >= 15 is 0 Å². The highest BCUT2D eigenvalue weighted by molar-refractivity contribution is 7.78. The molecule has 0 aromatic heterocycles. The highest BCUT2D eigenvalue weighted by Crippen LogP contribution is 2.14. The van der Waals surface area contributed by atoms with Gasteiger partial charge in [-0.25, -0.2) is 8.78 Å². The maximum atomic E-state index is 14.0. The molecule has 0 N–H and O–H groups in total. The fourth-order valence-corrected chi connectivity index (χ4v) is 2.40. The van der Waals surface area contributed by atoms with E-state index in [1.807, 2.05) is 29.4 Å². The number of nitrogens with zero attached hydrogens (tertiary/aromatic N) is 1. The number of hydrogen-bond acceptors (Lipinski definition) is 2. The molecule has 0 spiro atoms. The molecular formula is C22H17F2NS. The third-order valence-electron chi connectivity index (χ3n) is 3.70. The van der Waals surface area contributed by atoms with Crippen molar-refractivity contribution in [1.29, 1.82) is 0 Å². The van der Waals surface area contributed by atoms with Crippen molar-refractivity contribution in [3.8, 4) is 23.8 Å². The van der Waals surface area contributed by atoms with Gasteiger partial charge in [-0.15, -0.1) is 4.99 Å². The van der Waals surface area contributed by atoms with Gasteiger partial charge in [0.15, 0.2) is 0 Å². The van der Waals surface area contributed by atoms with Crippen molar-refractivity contribution in [2.45, 2.75) is 32.6 Å². The molecule has 2 aromatic rings. The average Bonchev–Trinajstić information content (AvgIpc) is 2.63. The van der Waals surface area contributed by atoms with E-state index in [1.165, 1.54) is 24.8 Å². The van der Waals surface area contributed by atoms with Crippen molar-refractivity contribution in [3.63, 3.8) is 0 Å². The first-order chi connectivity index (χ1) is 12.6. The summed E-state index contributed by atoms with van der Waals surface area (Å²) < 4.78 is 27.9.